The van der Waals surface area contributed by atoms with E-state index in [-0.39, 0.29) is 23.6 Å². The lowest BCUT2D eigenvalue weighted by atomic mass is 9.92. The third-order valence-corrected chi connectivity index (χ3v) is 5.02. The lowest BCUT2D eigenvalue weighted by Gasteiger charge is -2.41. The summed E-state index contributed by atoms with van der Waals surface area (Å²) in [6.07, 6.45) is -2.43. The zero-order chi connectivity index (χ0) is 19.2. The first-order valence-electron chi connectivity index (χ1n) is 8.53. The molecule has 1 aromatic carbocycles. The van der Waals surface area contributed by atoms with Gasteiger partial charge in [-0.2, -0.15) is 13.2 Å². The number of ether oxygens (including phenoxy) is 1. The molecule has 1 aliphatic heterocycles. The van der Waals surface area contributed by atoms with E-state index in [1.54, 1.807) is 17.0 Å². The standard InChI is InChI=1S/C19H16F4N2O2/c20-13-3-1-12(2-4-13)18(6-7-18)17(26)25-10-15(11-25)27-14-5-8-24-16(9-14)19(21,22)23/h1-5,8-9,15H,6-7,10-11H2. The highest BCUT2D eigenvalue weighted by molar-refractivity contribution is 5.92. The van der Waals surface area contributed by atoms with Gasteiger partial charge in [0.1, 0.15) is 23.4 Å². The van der Waals surface area contributed by atoms with Crippen LogP contribution in [0, 0.1) is 5.82 Å². The van der Waals surface area contributed by atoms with Crippen molar-refractivity contribution < 1.29 is 27.1 Å². The summed E-state index contributed by atoms with van der Waals surface area (Å²) >= 11 is 0. The number of rotatable bonds is 4. The van der Waals surface area contributed by atoms with Crippen molar-refractivity contribution in [1.82, 2.24) is 9.88 Å². The van der Waals surface area contributed by atoms with Crippen LogP contribution in [0.3, 0.4) is 0 Å². The Labute approximate surface area is 152 Å². The van der Waals surface area contributed by atoms with Gasteiger partial charge in [-0.25, -0.2) is 4.39 Å². The number of hydrogen-bond acceptors (Lipinski definition) is 3. The van der Waals surface area contributed by atoms with E-state index < -0.39 is 17.3 Å². The van der Waals surface area contributed by atoms with Crippen LogP contribution < -0.4 is 4.74 Å². The zero-order valence-corrected chi connectivity index (χ0v) is 14.2. The number of carbonyl (C=O) groups is 1. The van der Waals surface area contributed by atoms with Crippen molar-refractivity contribution in [3.8, 4) is 5.75 Å². The second-order valence-electron chi connectivity index (χ2n) is 6.91. The molecule has 0 N–H and O–H groups in total. The molecule has 4 rings (SSSR count). The molecule has 0 radical (unpaired) electrons. The number of likely N-dealkylation sites (tertiary alicyclic amines) is 1. The van der Waals surface area contributed by atoms with E-state index in [9.17, 15) is 22.4 Å². The maximum absolute atomic E-state index is 13.1. The molecule has 0 atom stereocenters. The molecule has 4 nitrogen and oxygen atoms in total. The predicted octanol–water partition coefficient (Wildman–Crippen LogP) is 3.56. The Morgan fingerprint density at radius 3 is 2.41 bits per heavy atom. The number of nitrogens with zero attached hydrogens (tertiary/aromatic N) is 2. The average Bonchev–Trinajstić information content (AvgIpc) is 3.39. The number of pyridine rings is 1. The lowest BCUT2D eigenvalue weighted by molar-refractivity contribution is -0.143. The average molecular weight is 380 g/mol. The van der Waals surface area contributed by atoms with E-state index in [2.05, 4.69) is 4.98 Å². The fraction of sp³-hybridized carbons (Fsp3) is 0.368. The molecule has 1 aromatic heterocycles. The molecule has 0 bridgehead atoms. The van der Waals surface area contributed by atoms with Gasteiger partial charge in [-0.05, 0) is 36.6 Å². The third kappa shape index (κ3) is 3.36. The van der Waals surface area contributed by atoms with E-state index in [4.69, 9.17) is 4.74 Å². The topological polar surface area (TPSA) is 42.4 Å². The van der Waals surface area contributed by atoms with Crippen LogP contribution in [0.25, 0.3) is 0 Å². The van der Waals surface area contributed by atoms with Crippen LogP contribution in [0.1, 0.15) is 24.1 Å². The largest absolute Gasteiger partial charge is 0.487 e. The fourth-order valence-electron chi connectivity index (χ4n) is 3.33. The highest BCUT2D eigenvalue weighted by Gasteiger charge is 2.54. The normalized spacial score (nSPS) is 18.7. The number of alkyl halides is 3. The molecule has 2 aromatic rings. The quantitative estimate of drug-likeness (QED) is 0.762. The van der Waals surface area contributed by atoms with Crippen LogP contribution in [-0.4, -0.2) is 35.0 Å². The smallest absolute Gasteiger partial charge is 0.433 e. The molecular weight excluding hydrogens is 364 g/mol. The Bertz CT molecular complexity index is 857. The number of amides is 1. The van der Waals surface area contributed by atoms with Gasteiger partial charge in [-0.1, -0.05) is 12.1 Å². The molecule has 142 valence electrons. The van der Waals surface area contributed by atoms with E-state index in [1.807, 2.05) is 0 Å². The predicted molar refractivity (Wildman–Crippen MR) is 87.5 cm³/mol. The summed E-state index contributed by atoms with van der Waals surface area (Å²) in [5.41, 5.74) is -0.818. The second kappa shape index (κ2) is 6.21. The van der Waals surface area contributed by atoms with Gasteiger partial charge >= 0.3 is 6.18 Å². The molecule has 0 unspecified atom stereocenters. The minimum atomic E-state index is -4.53. The molecule has 0 spiro atoms. The molecule has 2 aliphatic rings. The highest BCUT2D eigenvalue weighted by atomic mass is 19.4. The number of carbonyl (C=O) groups excluding carboxylic acids is 1. The van der Waals surface area contributed by atoms with Gasteiger partial charge < -0.3 is 9.64 Å². The summed E-state index contributed by atoms with van der Waals surface area (Å²) in [7, 11) is 0. The molecule has 1 saturated heterocycles. The molecule has 2 heterocycles. The maximum atomic E-state index is 13.1. The van der Waals surface area contributed by atoms with Gasteiger partial charge in [0.25, 0.3) is 0 Å². The maximum Gasteiger partial charge on any atom is 0.433 e. The Morgan fingerprint density at radius 2 is 1.81 bits per heavy atom. The van der Waals surface area contributed by atoms with Crippen molar-refractivity contribution in [2.24, 2.45) is 0 Å². The molecule has 27 heavy (non-hydrogen) atoms. The van der Waals surface area contributed by atoms with Crippen molar-refractivity contribution in [1.29, 1.82) is 0 Å². The summed E-state index contributed by atoms with van der Waals surface area (Å²) in [5, 5.41) is 0. The van der Waals surface area contributed by atoms with E-state index >= 15 is 0 Å². The lowest BCUT2D eigenvalue weighted by Crippen LogP contribution is -2.58. The zero-order valence-electron chi connectivity index (χ0n) is 14.2. The summed E-state index contributed by atoms with van der Waals surface area (Å²) < 4.78 is 56.7. The summed E-state index contributed by atoms with van der Waals surface area (Å²) in [5.74, 6) is -0.316. The van der Waals surface area contributed by atoms with Gasteiger partial charge in [0.05, 0.1) is 18.5 Å². The monoisotopic (exact) mass is 380 g/mol. The van der Waals surface area contributed by atoms with Gasteiger partial charge in [-0.15, -0.1) is 0 Å². The fourth-order valence-corrected chi connectivity index (χ4v) is 3.33. The summed E-state index contributed by atoms with van der Waals surface area (Å²) in [4.78, 5) is 17.7. The van der Waals surface area contributed by atoms with Gasteiger partial charge in [0.2, 0.25) is 5.91 Å². The summed E-state index contributed by atoms with van der Waals surface area (Å²) in [6.45, 7) is 0.622. The van der Waals surface area contributed by atoms with Crippen molar-refractivity contribution >= 4 is 5.91 Å². The van der Waals surface area contributed by atoms with Crippen LogP contribution in [0.2, 0.25) is 0 Å². The Kier molecular flexibility index (Phi) is 4.09. The highest BCUT2D eigenvalue weighted by Crippen LogP contribution is 2.50. The van der Waals surface area contributed by atoms with Crippen molar-refractivity contribution in [2.75, 3.05) is 13.1 Å². The van der Waals surface area contributed by atoms with E-state index in [0.717, 1.165) is 17.8 Å². The molecule has 8 heteroatoms. The molecule has 2 fully saturated rings. The SMILES string of the molecule is O=C(N1CC(Oc2ccnc(C(F)(F)F)c2)C1)C1(c2ccc(F)cc2)CC1. The molecule has 1 saturated carbocycles. The number of aromatic nitrogens is 1. The van der Waals surface area contributed by atoms with Crippen LogP contribution in [0.4, 0.5) is 17.6 Å². The van der Waals surface area contributed by atoms with Crippen LogP contribution in [0.15, 0.2) is 42.6 Å². The van der Waals surface area contributed by atoms with Gasteiger partial charge in [0, 0.05) is 12.3 Å². The molecule has 1 aliphatic carbocycles. The number of hydrogen-bond donors (Lipinski definition) is 0. The van der Waals surface area contributed by atoms with Crippen LogP contribution >= 0.6 is 0 Å². The van der Waals surface area contributed by atoms with E-state index in [0.29, 0.717) is 25.9 Å². The minimum absolute atomic E-state index is 0.0420. The molecule has 1 amide bonds. The van der Waals surface area contributed by atoms with Crippen molar-refractivity contribution in [2.45, 2.75) is 30.5 Å². The number of halogens is 4. The third-order valence-electron chi connectivity index (χ3n) is 5.02. The van der Waals surface area contributed by atoms with E-state index in [1.165, 1.54) is 18.2 Å². The Balaban J connectivity index is 1.37. The Morgan fingerprint density at radius 1 is 1.15 bits per heavy atom. The first kappa shape index (κ1) is 17.8. The van der Waals surface area contributed by atoms with Crippen LogP contribution in [0.5, 0.6) is 5.75 Å². The first-order chi connectivity index (χ1) is 12.8. The van der Waals surface area contributed by atoms with Crippen molar-refractivity contribution in [3.63, 3.8) is 0 Å². The van der Waals surface area contributed by atoms with Crippen molar-refractivity contribution in [3.05, 3.63) is 59.7 Å². The second-order valence-corrected chi connectivity index (χ2v) is 6.91. The first-order valence-corrected chi connectivity index (χ1v) is 8.53. The van der Waals surface area contributed by atoms with Gasteiger partial charge in [-0.3, -0.25) is 9.78 Å². The molecular formula is C19H16F4N2O2. The van der Waals surface area contributed by atoms with Gasteiger partial charge in [0.15, 0.2) is 0 Å². The minimum Gasteiger partial charge on any atom is -0.487 e. The number of benzene rings is 1. The van der Waals surface area contributed by atoms with Crippen LogP contribution in [-0.2, 0) is 16.4 Å². The Hall–Kier alpha value is -2.64. The summed E-state index contributed by atoms with van der Waals surface area (Å²) in [6, 6.07) is 8.15.